The zero-order valence-corrected chi connectivity index (χ0v) is 13.1. The molecule has 0 spiro atoms. The van der Waals surface area contributed by atoms with Crippen LogP contribution in [0.4, 0.5) is 0 Å². The molecule has 5 heteroatoms. The molecule has 1 atom stereocenters. The third kappa shape index (κ3) is 3.29. The predicted molar refractivity (Wildman–Crippen MR) is 80.1 cm³/mol. The first kappa shape index (κ1) is 15.0. The Balaban J connectivity index is 1.80. The molecule has 5 nitrogen and oxygen atoms in total. The van der Waals surface area contributed by atoms with Crippen molar-refractivity contribution in [1.29, 1.82) is 0 Å². The molecular formula is C16H27N3O2. The molecule has 1 saturated heterocycles. The van der Waals surface area contributed by atoms with Gasteiger partial charge in [-0.2, -0.15) is 4.98 Å². The van der Waals surface area contributed by atoms with Crippen LogP contribution >= 0.6 is 0 Å². The Morgan fingerprint density at radius 1 is 1.24 bits per heavy atom. The number of ether oxygens (including phenoxy) is 1. The van der Waals surface area contributed by atoms with Gasteiger partial charge in [0.05, 0.1) is 5.92 Å². The van der Waals surface area contributed by atoms with E-state index in [0.717, 1.165) is 44.1 Å². The van der Waals surface area contributed by atoms with E-state index in [2.05, 4.69) is 17.4 Å². The van der Waals surface area contributed by atoms with E-state index in [1.807, 2.05) is 0 Å². The quantitative estimate of drug-likeness (QED) is 0.864. The second-order valence-corrected chi connectivity index (χ2v) is 6.34. The Morgan fingerprint density at radius 2 is 2.05 bits per heavy atom. The molecule has 118 valence electrons. The minimum absolute atomic E-state index is 0.310. The van der Waals surface area contributed by atoms with Crippen LogP contribution in [0.3, 0.4) is 0 Å². The summed E-state index contributed by atoms with van der Waals surface area (Å²) in [6.07, 6.45) is 9.29. The summed E-state index contributed by atoms with van der Waals surface area (Å²) in [4.78, 5) is 4.75. The number of piperidine rings is 1. The van der Waals surface area contributed by atoms with Crippen molar-refractivity contribution in [3.8, 4) is 0 Å². The molecule has 0 bridgehead atoms. The minimum atomic E-state index is -0.310. The first-order valence-corrected chi connectivity index (χ1v) is 8.53. The van der Waals surface area contributed by atoms with Gasteiger partial charge in [-0.3, -0.25) is 0 Å². The lowest BCUT2D eigenvalue weighted by molar-refractivity contribution is -0.0636. The zero-order valence-electron chi connectivity index (χ0n) is 13.1. The molecule has 1 aliphatic heterocycles. The van der Waals surface area contributed by atoms with Gasteiger partial charge in [0.1, 0.15) is 5.60 Å². The number of rotatable bonds is 4. The van der Waals surface area contributed by atoms with Gasteiger partial charge in [0.25, 0.3) is 0 Å². The van der Waals surface area contributed by atoms with Crippen molar-refractivity contribution in [2.24, 2.45) is 0 Å². The van der Waals surface area contributed by atoms with Crippen molar-refractivity contribution in [2.45, 2.75) is 69.8 Å². The number of hydrogen-bond donors (Lipinski definition) is 1. The SMILES string of the molecule is CCOC1(c2noc([C@H]3CCCNC3)n2)CCCCCC1. The lowest BCUT2D eigenvalue weighted by Gasteiger charge is -2.29. The normalized spacial score (nSPS) is 26.4. The number of hydrogen-bond acceptors (Lipinski definition) is 5. The largest absolute Gasteiger partial charge is 0.367 e. The molecule has 1 saturated carbocycles. The molecule has 2 heterocycles. The molecule has 2 aliphatic rings. The standard InChI is InChI=1S/C16H27N3O2/c1-2-20-16(9-5-3-4-6-10-16)15-18-14(21-19-15)13-8-7-11-17-12-13/h13,17H,2-12H2,1H3/t13-/m0/s1. The number of nitrogens with one attached hydrogen (secondary N) is 1. The van der Waals surface area contributed by atoms with Crippen molar-refractivity contribution in [3.63, 3.8) is 0 Å². The van der Waals surface area contributed by atoms with Gasteiger partial charge in [0.15, 0.2) is 0 Å². The summed E-state index contributed by atoms with van der Waals surface area (Å²) in [6.45, 7) is 4.80. The van der Waals surface area contributed by atoms with Crippen LogP contribution in [-0.4, -0.2) is 29.8 Å². The van der Waals surface area contributed by atoms with E-state index in [0.29, 0.717) is 12.5 Å². The Hall–Kier alpha value is -0.940. The number of nitrogens with zero attached hydrogens (tertiary/aromatic N) is 2. The van der Waals surface area contributed by atoms with Gasteiger partial charge in [-0.1, -0.05) is 30.8 Å². The van der Waals surface area contributed by atoms with Crippen LogP contribution in [0.25, 0.3) is 0 Å². The first-order chi connectivity index (χ1) is 10.3. The van der Waals surface area contributed by atoms with E-state index >= 15 is 0 Å². The maximum atomic E-state index is 6.14. The molecule has 1 aliphatic carbocycles. The van der Waals surface area contributed by atoms with Crippen LogP contribution in [0.15, 0.2) is 4.52 Å². The lowest BCUT2D eigenvalue weighted by atomic mass is 9.93. The Morgan fingerprint density at radius 3 is 2.71 bits per heavy atom. The fourth-order valence-electron chi connectivity index (χ4n) is 3.66. The van der Waals surface area contributed by atoms with Crippen LogP contribution in [0.5, 0.6) is 0 Å². The van der Waals surface area contributed by atoms with Crippen LogP contribution < -0.4 is 5.32 Å². The van der Waals surface area contributed by atoms with Gasteiger partial charge in [0.2, 0.25) is 11.7 Å². The van der Waals surface area contributed by atoms with E-state index in [-0.39, 0.29) is 5.60 Å². The zero-order chi connectivity index (χ0) is 14.5. The highest BCUT2D eigenvalue weighted by atomic mass is 16.5. The van der Waals surface area contributed by atoms with Crippen LogP contribution in [0.1, 0.15) is 75.9 Å². The van der Waals surface area contributed by atoms with Gasteiger partial charge in [-0.15, -0.1) is 0 Å². The van der Waals surface area contributed by atoms with Gasteiger partial charge < -0.3 is 14.6 Å². The predicted octanol–water partition coefficient (Wildman–Crippen LogP) is 3.12. The van der Waals surface area contributed by atoms with Gasteiger partial charge >= 0.3 is 0 Å². The first-order valence-electron chi connectivity index (χ1n) is 8.53. The molecule has 3 rings (SSSR count). The van der Waals surface area contributed by atoms with Gasteiger partial charge in [0, 0.05) is 13.2 Å². The average Bonchev–Trinajstić information content (AvgIpc) is 2.91. The van der Waals surface area contributed by atoms with Crippen molar-refractivity contribution in [3.05, 3.63) is 11.7 Å². The average molecular weight is 293 g/mol. The van der Waals surface area contributed by atoms with Crippen LogP contribution in [0.2, 0.25) is 0 Å². The summed E-state index contributed by atoms with van der Waals surface area (Å²) >= 11 is 0. The van der Waals surface area contributed by atoms with E-state index < -0.39 is 0 Å². The second kappa shape index (κ2) is 6.88. The van der Waals surface area contributed by atoms with Crippen molar-refractivity contribution in [2.75, 3.05) is 19.7 Å². The molecule has 1 aromatic rings. The summed E-state index contributed by atoms with van der Waals surface area (Å²) in [5.74, 6) is 1.94. The molecule has 21 heavy (non-hydrogen) atoms. The van der Waals surface area contributed by atoms with Crippen molar-refractivity contribution < 1.29 is 9.26 Å². The second-order valence-electron chi connectivity index (χ2n) is 6.34. The molecule has 1 N–H and O–H groups in total. The molecule has 1 aromatic heterocycles. The monoisotopic (exact) mass is 293 g/mol. The molecule has 0 amide bonds. The molecule has 2 fully saturated rings. The topological polar surface area (TPSA) is 60.2 Å². The smallest absolute Gasteiger partial charge is 0.231 e. The highest BCUT2D eigenvalue weighted by Crippen LogP contribution is 2.38. The molecule has 0 radical (unpaired) electrons. The maximum Gasteiger partial charge on any atom is 0.231 e. The number of aromatic nitrogens is 2. The summed E-state index contributed by atoms with van der Waals surface area (Å²) in [5, 5.41) is 7.72. The lowest BCUT2D eigenvalue weighted by Crippen LogP contribution is -2.31. The molecule has 0 unspecified atom stereocenters. The molecular weight excluding hydrogens is 266 g/mol. The van der Waals surface area contributed by atoms with Gasteiger partial charge in [-0.25, -0.2) is 0 Å². The van der Waals surface area contributed by atoms with Crippen molar-refractivity contribution >= 4 is 0 Å². The molecule has 0 aromatic carbocycles. The Kier molecular flexibility index (Phi) is 4.91. The van der Waals surface area contributed by atoms with Gasteiger partial charge in [-0.05, 0) is 39.2 Å². The minimum Gasteiger partial charge on any atom is -0.367 e. The third-order valence-electron chi connectivity index (χ3n) is 4.83. The van der Waals surface area contributed by atoms with E-state index in [1.165, 1.54) is 32.1 Å². The summed E-state index contributed by atoms with van der Waals surface area (Å²) < 4.78 is 11.7. The summed E-state index contributed by atoms with van der Waals surface area (Å²) in [7, 11) is 0. The summed E-state index contributed by atoms with van der Waals surface area (Å²) in [5.41, 5.74) is -0.310. The fraction of sp³-hybridized carbons (Fsp3) is 0.875. The van der Waals surface area contributed by atoms with E-state index in [4.69, 9.17) is 14.2 Å². The van der Waals surface area contributed by atoms with E-state index in [9.17, 15) is 0 Å². The third-order valence-corrected chi connectivity index (χ3v) is 4.83. The maximum absolute atomic E-state index is 6.14. The van der Waals surface area contributed by atoms with Crippen LogP contribution in [-0.2, 0) is 10.3 Å². The summed E-state index contributed by atoms with van der Waals surface area (Å²) in [6, 6.07) is 0. The van der Waals surface area contributed by atoms with Crippen molar-refractivity contribution in [1.82, 2.24) is 15.5 Å². The highest BCUT2D eigenvalue weighted by molar-refractivity contribution is 5.05. The highest BCUT2D eigenvalue weighted by Gasteiger charge is 2.39. The Bertz CT molecular complexity index is 432. The van der Waals surface area contributed by atoms with Crippen LogP contribution in [0, 0.1) is 0 Å². The Labute approximate surface area is 126 Å². The fourth-order valence-corrected chi connectivity index (χ4v) is 3.66. The van der Waals surface area contributed by atoms with E-state index in [1.54, 1.807) is 0 Å².